The van der Waals surface area contributed by atoms with E-state index in [0.29, 0.717) is 0 Å². The van der Waals surface area contributed by atoms with E-state index in [2.05, 4.69) is 26.1 Å². The van der Waals surface area contributed by atoms with Gasteiger partial charge in [0.2, 0.25) is 0 Å². The van der Waals surface area contributed by atoms with Gasteiger partial charge in [-0.15, -0.1) is 0 Å². The number of hydrogen-bond donors (Lipinski definition) is 1. The Morgan fingerprint density at radius 3 is 2.47 bits per heavy atom. The van der Waals surface area contributed by atoms with Crippen LogP contribution in [0, 0.1) is 16.7 Å². The first-order valence-electron chi connectivity index (χ1n) is 5.88. The molecule has 2 fully saturated rings. The summed E-state index contributed by atoms with van der Waals surface area (Å²) < 4.78 is 24.5. The number of rotatable bonds is 3. The highest BCUT2D eigenvalue weighted by Gasteiger charge is 2.58. The quantitative estimate of drug-likeness (QED) is 0.766. The van der Waals surface area contributed by atoms with E-state index in [9.17, 15) is 8.78 Å². The highest BCUT2D eigenvalue weighted by atomic mass is 19.3. The lowest BCUT2D eigenvalue weighted by Gasteiger charge is -2.43. The molecule has 0 radical (unpaired) electrons. The Morgan fingerprint density at radius 1 is 1.33 bits per heavy atom. The predicted octanol–water partition coefficient (Wildman–Crippen LogP) is 3.06. The number of hydrogen-bond acceptors (Lipinski definition) is 1. The minimum Gasteiger partial charge on any atom is -0.308 e. The van der Waals surface area contributed by atoms with Crippen molar-refractivity contribution in [2.75, 3.05) is 6.54 Å². The zero-order valence-electron chi connectivity index (χ0n) is 9.82. The second-order valence-electron chi connectivity index (χ2n) is 6.15. The van der Waals surface area contributed by atoms with E-state index >= 15 is 0 Å². The smallest absolute Gasteiger partial charge is 0.250 e. The van der Waals surface area contributed by atoms with Crippen molar-refractivity contribution in [2.45, 2.75) is 52.5 Å². The molecule has 1 N–H and O–H groups in total. The molecule has 0 amide bonds. The first-order chi connectivity index (χ1) is 6.86. The molecule has 2 bridgehead atoms. The van der Waals surface area contributed by atoms with Crippen LogP contribution in [0.3, 0.4) is 0 Å². The van der Waals surface area contributed by atoms with Crippen molar-refractivity contribution in [2.24, 2.45) is 16.7 Å². The molecule has 2 aliphatic rings. The lowest BCUT2D eigenvalue weighted by molar-refractivity contribution is 0.0787. The molecule has 0 aliphatic heterocycles. The van der Waals surface area contributed by atoms with Crippen molar-refractivity contribution in [1.29, 1.82) is 0 Å². The Hall–Kier alpha value is -0.180. The molecule has 2 saturated carbocycles. The van der Waals surface area contributed by atoms with Gasteiger partial charge in [0.05, 0.1) is 6.54 Å². The molecule has 0 aromatic heterocycles. The molecule has 0 heterocycles. The van der Waals surface area contributed by atoms with Crippen molar-refractivity contribution >= 4 is 0 Å². The monoisotopic (exact) mass is 217 g/mol. The summed E-state index contributed by atoms with van der Waals surface area (Å²) in [7, 11) is 0. The number of alkyl halides is 2. The van der Waals surface area contributed by atoms with Gasteiger partial charge in [-0.3, -0.25) is 0 Å². The van der Waals surface area contributed by atoms with Crippen LogP contribution in [0.1, 0.15) is 40.0 Å². The molecule has 3 unspecified atom stereocenters. The van der Waals surface area contributed by atoms with Crippen molar-refractivity contribution in [3.05, 3.63) is 0 Å². The first kappa shape index (κ1) is 11.3. The fourth-order valence-corrected chi connectivity index (χ4v) is 4.02. The maximum Gasteiger partial charge on any atom is 0.250 e. The Bertz CT molecular complexity index is 247. The van der Waals surface area contributed by atoms with Crippen LogP contribution in [0.4, 0.5) is 8.78 Å². The summed E-state index contributed by atoms with van der Waals surface area (Å²) >= 11 is 0. The summed E-state index contributed by atoms with van der Waals surface area (Å²) in [5.41, 5.74) is 0.435. The van der Waals surface area contributed by atoms with Crippen LogP contribution in [0.2, 0.25) is 0 Å². The van der Waals surface area contributed by atoms with E-state index in [4.69, 9.17) is 0 Å². The van der Waals surface area contributed by atoms with Gasteiger partial charge in [0.15, 0.2) is 0 Å². The Labute approximate surface area is 90.6 Å². The summed E-state index contributed by atoms with van der Waals surface area (Å²) in [4.78, 5) is 0. The predicted molar refractivity (Wildman–Crippen MR) is 57.0 cm³/mol. The SMILES string of the molecule is CC12CCC(C1)C(C)(C)C2NCC(F)F. The van der Waals surface area contributed by atoms with Crippen molar-refractivity contribution < 1.29 is 8.78 Å². The Morgan fingerprint density at radius 2 is 2.00 bits per heavy atom. The van der Waals surface area contributed by atoms with Crippen LogP contribution in [0.5, 0.6) is 0 Å². The lowest BCUT2D eigenvalue weighted by atomic mass is 9.68. The van der Waals surface area contributed by atoms with Gasteiger partial charge in [0.25, 0.3) is 6.43 Å². The topological polar surface area (TPSA) is 12.0 Å². The van der Waals surface area contributed by atoms with Gasteiger partial charge in [0.1, 0.15) is 0 Å². The fraction of sp³-hybridized carbons (Fsp3) is 1.00. The van der Waals surface area contributed by atoms with Crippen molar-refractivity contribution in [3.63, 3.8) is 0 Å². The lowest BCUT2D eigenvalue weighted by Crippen LogP contribution is -2.51. The molecule has 3 heteroatoms. The number of fused-ring (bicyclic) bond motifs is 2. The minimum atomic E-state index is -2.23. The molecular weight excluding hydrogens is 196 g/mol. The largest absolute Gasteiger partial charge is 0.308 e. The van der Waals surface area contributed by atoms with Crippen LogP contribution in [0.25, 0.3) is 0 Å². The van der Waals surface area contributed by atoms with Gasteiger partial charge >= 0.3 is 0 Å². The van der Waals surface area contributed by atoms with Crippen LogP contribution >= 0.6 is 0 Å². The van der Waals surface area contributed by atoms with E-state index < -0.39 is 6.43 Å². The molecule has 0 saturated heterocycles. The van der Waals surface area contributed by atoms with E-state index in [0.717, 1.165) is 5.92 Å². The summed E-state index contributed by atoms with van der Waals surface area (Å²) in [6, 6.07) is 0.262. The summed E-state index contributed by atoms with van der Waals surface area (Å²) in [6.07, 6.45) is 1.45. The first-order valence-corrected chi connectivity index (χ1v) is 5.88. The van der Waals surface area contributed by atoms with Crippen LogP contribution in [0.15, 0.2) is 0 Å². The zero-order valence-corrected chi connectivity index (χ0v) is 9.82. The summed E-state index contributed by atoms with van der Waals surface area (Å²) in [6.45, 7) is 6.55. The van der Waals surface area contributed by atoms with Gasteiger partial charge in [0, 0.05) is 6.04 Å². The summed E-state index contributed by atoms with van der Waals surface area (Å²) in [5.74, 6) is 0.720. The maximum atomic E-state index is 12.2. The van der Waals surface area contributed by atoms with Gasteiger partial charge in [-0.2, -0.15) is 0 Å². The standard InChI is InChI=1S/C12H21F2N/c1-11(2)8-4-5-12(3,6-8)10(11)15-7-9(13)14/h8-10,15H,4-7H2,1-3H3. The van der Waals surface area contributed by atoms with E-state index in [1.165, 1.54) is 19.3 Å². The second-order valence-corrected chi connectivity index (χ2v) is 6.15. The van der Waals surface area contributed by atoms with Crippen molar-refractivity contribution in [3.8, 4) is 0 Å². The Balaban J connectivity index is 2.09. The van der Waals surface area contributed by atoms with E-state index in [1.54, 1.807) is 0 Å². The molecule has 0 aromatic rings. The van der Waals surface area contributed by atoms with Crippen LogP contribution < -0.4 is 5.32 Å². The van der Waals surface area contributed by atoms with Crippen LogP contribution in [-0.2, 0) is 0 Å². The molecule has 88 valence electrons. The maximum absolute atomic E-state index is 12.2. The van der Waals surface area contributed by atoms with Crippen LogP contribution in [-0.4, -0.2) is 19.0 Å². The molecular formula is C12H21F2N. The third kappa shape index (κ3) is 1.69. The fourth-order valence-electron chi connectivity index (χ4n) is 4.02. The molecule has 0 spiro atoms. The van der Waals surface area contributed by atoms with E-state index in [1.807, 2.05) is 0 Å². The average Bonchev–Trinajstić information content (AvgIpc) is 2.54. The molecule has 15 heavy (non-hydrogen) atoms. The molecule has 0 aromatic carbocycles. The zero-order chi connectivity index (χ0) is 11.3. The van der Waals surface area contributed by atoms with Gasteiger partial charge in [-0.25, -0.2) is 8.78 Å². The van der Waals surface area contributed by atoms with Crippen molar-refractivity contribution in [1.82, 2.24) is 5.32 Å². The minimum absolute atomic E-state index is 0.156. The molecule has 1 nitrogen and oxygen atoms in total. The van der Waals surface area contributed by atoms with E-state index in [-0.39, 0.29) is 23.4 Å². The molecule has 3 atom stereocenters. The number of nitrogens with one attached hydrogen (secondary N) is 1. The third-order valence-corrected chi connectivity index (χ3v) is 4.75. The molecule has 2 rings (SSSR count). The highest BCUT2D eigenvalue weighted by molar-refractivity contribution is 5.11. The van der Waals surface area contributed by atoms with Gasteiger partial charge in [-0.05, 0) is 36.0 Å². The van der Waals surface area contributed by atoms with Gasteiger partial charge < -0.3 is 5.32 Å². The summed E-state index contributed by atoms with van der Waals surface area (Å²) in [5, 5.41) is 3.09. The second kappa shape index (κ2) is 3.41. The van der Waals surface area contributed by atoms with Gasteiger partial charge in [-0.1, -0.05) is 20.8 Å². The Kier molecular flexibility index (Phi) is 2.57. The number of halogens is 2. The highest BCUT2D eigenvalue weighted by Crippen LogP contribution is 2.62. The average molecular weight is 217 g/mol. The third-order valence-electron chi connectivity index (χ3n) is 4.75. The normalized spacial score (nSPS) is 42.8. The molecule has 2 aliphatic carbocycles.